The Balaban J connectivity index is 1.77. The van der Waals surface area contributed by atoms with Crippen molar-refractivity contribution >= 4 is 5.69 Å². The molecule has 0 aromatic heterocycles. The monoisotopic (exact) mass is 275 g/mol. The van der Waals surface area contributed by atoms with E-state index in [1.54, 1.807) is 6.92 Å². The first-order valence-electron chi connectivity index (χ1n) is 6.57. The summed E-state index contributed by atoms with van der Waals surface area (Å²) in [7, 11) is 0. The molecule has 104 valence electrons. The van der Waals surface area contributed by atoms with E-state index in [1.807, 2.05) is 24.3 Å². The minimum absolute atomic E-state index is 0.0608. The van der Waals surface area contributed by atoms with E-state index in [9.17, 15) is 8.78 Å². The van der Waals surface area contributed by atoms with E-state index in [0.717, 1.165) is 11.3 Å². The highest BCUT2D eigenvalue weighted by atomic mass is 19.1. The largest absolute Gasteiger partial charge is 0.493 e. The molecule has 0 amide bonds. The summed E-state index contributed by atoms with van der Waals surface area (Å²) < 4.78 is 33.1. The molecule has 2 aromatic carbocycles. The van der Waals surface area contributed by atoms with Crippen molar-refractivity contribution in [2.24, 2.45) is 0 Å². The van der Waals surface area contributed by atoms with Gasteiger partial charge in [-0.1, -0.05) is 24.3 Å². The lowest BCUT2D eigenvalue weighted by Gasteiger charge is -2.14. The summed E-state index contributed by atoms with van der Waals surface area (Å²) >= 11 is 0. The molecule has 1 heterocycles. The molecule has 1 aliphatic heterocycles. The van der Waals surface area contributed by atoms with Crippen LogP contribution >= 0.6 is 0 Å². The quantitative estimate of drug-likeness (QED) is 0.918. The van der Waals surface area contributed by atoms with Gasteiger partial charge in [-0.05, 0) is 24.6 Å². The zero-order chi connectivity index (χ0) is 14.1. The second kappa shape index (κ2) is 5.12. The number of fused-ring (bicyclic) bond motifs is 1. The van der Waals surface area contributed by atoms with E-state index in [2.05, 4.69) is 5.32 Å². The molecule has 2 nitrogen and oxygen atoms in total. The molecule has 20 heavy (non-hydrogen) atoms. The van der Waals surface area contributed by atoms with Crippen molar-refractivity contribution in [1.82, 2.24) is 0 Å². The standard InChI is InChI=1S/C16H15F2NO/c1-10-6-7-13(17)16(15(10)18)19-8-11-9-20-14-5-3-2-4-12(11)14/h2-7,11,19H,8-9H2,1H3. The molecule has 0 saturated carbocycles. The van der Waals surface area contributed by atoms with Gasteiger partial charge in [-0.3, -0.25) is 0 Å². The fourth-order valence-electron chi connectivity index (χ4n) is 2.44. The Hall–Kier alpha value is -2.10. The lowest BCUT2D eigenvalue weighted by molar-refractivity contribution is 0.334. The number of hydrogen-bond acceptors (Lipinski definition) is 2. The Bertz CT molecular complexity index is 642. The van der Waals surface area contributed by atoms with Gasteiger partial charge >= 0.3 is 0 Å². The van der Waals surface area contributed by atoms with Gasteiger partial charge < -0.3 is 10.1 Å². The van der Waals surface area contributed by atoms with Crippen LogP contribution in [0.15, 0.2) is 36.4 Å². The van der Waals surface area contributed by atoms with Crippen molar-refractivity contribution in [3.63, 3.8) is 0 Å². The number of rotatable bonds is 3. The zero-order valence-corrected chi connectivity index (χ0v) is 11.1. The van der Waals surface area contributed by atoms with Gasteiger partial charge in [0.15, 0.2) is 5.82 Å². The normalized spacial score (nSPS) is 16.6. The first-order chi connectivity index (χ1) is 9.66. The number of hydrogen-bond donors (Lipinski definition) is 1. The molecular formula is C16H15F2NO. The third kappa shape index (κ3) is 2.22. The van der Waals surface area contributed by atoms with Crippen LogP contribution in [0.1, 0.15) is 17.0 Å². The van der Waals surface area contributed by atoms with E-state index in [0.29, 0.717) is 18.7 Å². The number of anilines is 1. The molecule has 4 heteroatoms. The Morgan fingerprint density at radius 1 is 1.20 bits per heavy atom. The molecule has 1 unspecified atom stereocenters. The predicted molar refractivity (Wildman–Crippen MR) is 74.3 cm³/mol. The zero-order valence-electron chi connectivity index (χ0n) is 11.1. The van der Waals surface area contributed by atoms with Crippen LogP contribution in [0.3, 0.4) is 0 Å². The summed E-state index contributed by atoms with van der Waals surface area (Å²) in [5, 5.41) is 2.87. The molecule has 0 radical (unpaired) electrons. The molecule has 0 fully saturated rings. The number of aryl methyl sites for hydroxylation is 1. The smallest absolute Gasteiger partial charge is 0.152 e. The van der Waals surface area contributed by atoms with Gasteiger partial charge in [0.25, 0.3) is 0 Å². The average molecular weight is 275 g/mol. The third-order valence-corrected chi connectivity index (χ3v) is 3.61. The Morgan fingerprint density at radius 3 is 2.85 bits per heavy atom. The van der Waals surface area contributed by atoms with Crippen molar-refractivity contribution in [2.45, 2.75) is 12.8 Å². The molecule has 0 aliphatic carbocycles. The van der Waals surface area contributed by atoms with Gasteiger partial charge in [-0.2, -0.15) is 0 Å². The maximum Gasteiger partial charge on any atom is 0.152 e. The minimum Gasteiger partial charge on any atom is -0.493 e. The number of nitrogens with one attached hydrogen (secondary N) is 1. The van der Waals surface area contributed by atoms with Crippen molar-refractivity contribution < 1.29 is 13.5 Å². The van der Waals surface area contributed by atoms with Gasteiger partial charge in [-0.15, -0.1) is 0 Å². The van der Waals surface area contributed by atoms with E-state index >= 15 is 0 Å². The first kappa shape index (κ1) is 12.9. The van der Waals surface area contributed by atoms with Crippen molar-refractivity contribution in [2.75, 3.05) is 18.5 Å². The molecule has 0 saturated heterocycles. The highest BCUT2D eigenvalue weighted by Gasteiger charge is 2.24. The van der Waals surface area contributed by atoms with Crippen LogP contribution in [0.2, 0.25) is 0 Å². The maximum atomic E-state index is 13.9. The average Bonchev–Trinajstić information content (AvgIpc) is 2.87. The van der Waals surface area contributed by atoms with Crippen LogP contribution < -0.4 is 10.1 Å². The minimum atomic E-state index is -0.569. The molecule has 1 atom stereocenters. The molecule has 0 bridgehead atoms. The molecular weight excluding hydrogens is 260 g/mol. The summed E-state index contributed by atoms with van der Waals surface area (Å²) in [6.07, 6.45) is 0. The second-order valence-corrected chi connectivity index (χ2v) is 4.98. The van der Waals surface area contributed by atoms with Gasteiger partial charge in [0.2, 0.25) is 0 Å². The van der Waals surface area contributed by atoms with Crippen LogP contribution in [0.25, 0.3) is 0 Å². The SMILES string of the molecule is Cc1ccc(F)c(NCC2COc3ccccc32)c1F. The summed E-state index contributed by atoms with van der Waals surface area (Å²) in [5.74, 6) is -0.146. The number of benzene rings is 2. The lowest BCUT2D eigenvalue weighted by atomic mass is 10.0. The van der Waals surface area contributed by atoms with Crippen LogP contribution in [-0.4, -0.2) is 13.2 Å². The fourth-order valence-corrected chi connectivity index (χ4v) is 2.44. The van der Waals surface area contributed by atoms with Gasteiger partial charge in [0, 0.05) is 18.0 Å². The number of halogens is 2. The number of ether oxygens (including phenoxy) is 1. The van der Waals surface area contributed by atoms with Crippen LogP contribution in [-0.2, 0) is 0 Å². The van der Waals surface area contributed by atoms with Crippen LogP contribution in [0.4, 0.5) is 14.5 Å². The number of para-hydroxylation sites is 1. The summed E-state index contributed by atoms with van der Waals surface area (Å²) in [6, 6.07) is 10.5. The first-order valence-corrected chi connectivity index (χ1v) is 6.57. The summed E-state index contributed by atoms with van der Waals surface area (Å²) in [6.45, 7) is 2.59. The van der Waals surface area contributed by atoms with Gasteiger partial charge in [0.05, 0.1) is 6.61 Å². The van der Waals surface area contributed by atoms with E-state index in [1.165, 1.54) is 12.1 Å². The lowest BCUT2D eigenvalue weighted by Crippen LogP contribution is -2.15. The highest BCUT2D eigenvalue weighted by molar-refractivity contribution is 5.50. The Kier molecular flexibility index (Phi) is 3.30. The molecule has 3 rings (SSSR count). The van der Waals surface area contributed by atoms with Crippen molar-refractivity contribution in [3.05, 3.63) is 59.2 Å². The fraction of sp³-hybridized carbons (Fsp3) is 0.250. The molecule has 1 aliphatic rings. The van der Waals surface area contributed by atoms with Gasteiger partial charge in [0.1, 0.15) is 17.3 Å². The maximum absolute atomic E-state index is 13.9. The van der Waals surface area contributed by atoms with E-state index in [-0.39, 0.29) is 11.6 Å². The van der Waals surface area contributed by atoms with Crippen LogP contribution in [0, 0.1) is 18.6 Å². The van der Waals surface area contributed by atoms with Gasteiger partial charge in [-0.25, -0.2) is 8.78 Å². The summed E-state index contributed by atoms with van der Waals surface area (Å²) in [4.78, 5) is 0. The predicted octanol–water partition coefficient (Wildman–Crippen LogP) is 3.86. The second-order valence-electron chi connectivity index (χ2n) is 4.98. The molecule has 0 spiro atoms. The summed E-state index contributed by atoms with van der Waals surface area (Å²) in [5.41, 5.74) is 1.44. The van der Waals surface area contributed by atoms with Crippen molar-refractivity contribution in [3.8, 4) is 5.75 Å². The molecule has 2 aromatic rings. The van der Waals surface area contributed by atoms with Crippen molar-refractivity contribution in [1.29, 1.82) is 0 Å². The van der Waals surface area contributed by atoms with E-state index < -0.39 is 11.6 Å². The highest BCUT2D eigenvalue weighted by Crippen LogP contribution is 2.34. The Labute approximate surface area is 116 Å². The third-order valence-electron chi connectivity index (χ3n) is 3.61. The van der Waals surface area contributed by atoms with Crippen LogP contribution in [0.5, 0.6) is 5.75 Å². The Morgan fingerprint density at radius 2 is 2.00 bits per heavy atom. The van der Waals surface area contributed by atoms with E-state index in [4.69, 9.17) is 4.74 Å². The topological polar surface area (TPSA) is 21.3 Å². The molecule has 1 N–H and O–H groups in total.